The summed E-state index contributed by atoms with van der Waals surface area (Å²) in [5.41, 5.74) is -0.457. The molecule has 6 nitrogen and oxygen atoms in total. The molecule has 106 valence electrons. The van der Waals surface area contributed by atoms with Gasteiger partial charge in [-0.25, -0.2) is 4.79 Å². The van der Waals surface area contributed by atoms with Crippen molar-refractivity contribution >= 4 is 6.09 Å². The average Bonchev–Trinajstić information content (AvgIpc) is 2.59. The van der Waals surface area contributed by atoms with Crippen molar-refractivity contribution in [2.24, 2.45) is 7.05 Å². The van der Waals surface area contributed by atoms with Crippen molar-refractivity contribution in [1.29, 1.82) is 0 Å². The van der Waals surface area contributed by atoms with Gasteiger partial charge in [-0.05, 0) is 27.2 Å². The minimum Gasteiger partial charge on any atom is -0.488 e. The third-order valence-electron chi connectivity index (χ3n) is 2.90. The molecule has 1 amide bonds. The number of rotatable bonds is 3. The van der Waals surface area contributed by atoms with Gasteiger partial charge >= 0.3 is 6.09 Å². The van der Waals surface area contributed by atoms with Crippen molar-refractivity contribution in [3.05, 3.63) is 12.4 Å². The van der Waals surface area contributed by atoms with Crippen molar-refractivity contribution < 1.29 is 14.3 Å². The highest BCUT2D eigenvalue weighted by atomic mass is 16.6. The summed E-state index contributed by atoms with van der Waals surface area (Å²) in [6.07, 6.45) is 4.14. The number of aryl methyl sites for hydroxylation is 1. The predicted octanol–water partition coefficient (Wildman–Crippen LogP) is 1.81. The zero-order valence-electron chi connectivity index (χ0n) is 11.9. The number of amides is 1. The quantitative estimate of drug-likeness (QED) is 0.838. The lowest BCUT2D eigenvalue weighted by Gasteiger charge is -2.40. The molecule has 1 aromatic rings. The number of likely N-dealkylation sites (tertiary alicyclic amines) is 1. The third kappa shape index (κ3) is 3.62. The van der Waals surface area contributed by atoms with E-state index in [-0.39, 0.29) is 12.1 Å². The van der Waals surface area contributed by atoms with E-state index < -0.39 is 5.60 Å². The number of aromatic nitrogens is 2. The van der Waals surface area contributed by atoms with Crippen LogP contribution in [-0.4, -0.2) is 45.6 Å². The lowest BCUT2D eigenvalue weighted by molar-refractivity contribution is -0.0141. The van der Waals surface area contributed by atoms with Crippen LogP contribution in [0.25, 0.3) is 0 Å². The van der Waals surface area contributed by atoms with Gasteiger partial charge in [0.1, 0.15) is 12.2 Å². The van der Waals surface area contributed by atoms with Gasteiger partial charge in [0, 0.05) is 13.6 Å². The largest absolute Gasteiger partial charge is 0.488 e. The normalized spacial score (nSPS) is 18.9. The highest BCUT2D eigenvalue weighted by Gasteiger charge is 2.35. The summed E-state index contributed by atoms with van der Waals surface area (Å²) in [5.74, 6) is 0.721. The van der Waals surface area contributed by atoms with Gasteiger partial charge in [0.25, 0.3) is 0 Å². The standard InChI is InChI=1S/C13H21N3O3/c1-13(2,3)19-12(17)16-6-5-10(16)9-18-11-7-14-15(4)8-11/h7-8,10H,5-6,9H2,1-4H3/t10-/m1/s1. The molecule has 1 aliphatic heterocycles. The Morgan fingerprint density at radius 2 is 2.26 bits per heavy atom. The van der Waals surface area contributed by atoms with Gasteiger partial charge in [0.15, 0.2) is 5.75 Å². The molecule has 0 saturated carbocycles. The van der Waals surface area contributed by atoms with Gasteiger partial charge in [-0.1, -0.05) is 0 Å². The van der Waals surface area contributed by atoms with Crippen LogP contribution in [0.15, 0.2) is 12.4 Å². The monoisotopic (exact) mass is 267 g/mol. The molecule has 0 bridgehead atoms. The molecule has 0 unspecified atom stereocenters. The SMILES string of the molecule is Cn1cc(OC[C@H]2CCN2C(=O)OC(C)(C)C)cn1. The second-order valence-electron chi connectivity index (χ2n) is 5.78. The molecule has 6 heteroatoms. The van der Waals surface area contributed by atoms with E-state index in [0.29, 0.717) is 6.61 Å². The van der Waals surface area contributed by atoms with Crippen molar-refractivity contribution in [1.82, 2.24) is 14.7 Å². The molecule has 0 aliphatic carbocycles. The summed E-state index contributed by atoms with van der Waals surface area (Å²) in [6, 6.07) is 0.0926. The van der Waals surface area contributed by atoms with Crippen LogP contribution in [0.1, 0.15) is 27.2 Å². The number of hydrogen-bond acceptors (Lipinski definition) is 4. The van der Waals surface area contributed by atoms with Crippen LogP contribution in [0, 0.1) is 0 Å². The van der Waals surface area contributed by atoms with Crippen molar-refractivity contribution in [3.63, 3.8) is 0 Å². The highest BCUT2D eigenvalue weighted by molar-refractivity contribution is 5.69. The summed E-state index contributed by atoms with van der Waals surface area (Å²) in [5, 5.41) is 4.03. The Labute approximate surface area is 113 Å². The van der Waals surface area contributed by atoms with E-state index in [9.17, 15) is 4.79 Å². The zero-order chi connectivity index (χ0) is 14.0. The minimum atomic E-state index is -0.457. The minimum absolute atomic E-state index is 0.0926. The number of carbonyl (C=O) groups excluding carboxylic acids is 1. The van der Waals surface area contributed by atoms with Gasteiger partial charge < -0.3 is 14.4 Å². The smallest absolute Gasteiger partial charge is 0.410 e. The fourth-order valence-electron chi connectivity index (χ4n) is 1.84. The number of hydrogen-bond donors (Lipinski definition) is 0. The van der Waals surface area contributed by atoms with Crippen LogP contribution in [-0.2, 0) is 11.8 Å². The molecule has 0 N–H and O–H groups in total. The molecular weight excluding hydrogens is 246 g/mol. The summed E-state index contributed by atoms with van der Waals surface area (Å²) in [4.78, 5) is 13.6. The Hall–Kier alpha value is -1.72. The van der Waals surface area contributed by atoms with Crippen molar-refractivity contribution in [2.45, 2.75) is 38.8 Å². The Morgan fingerprint density at radius 1 is 1.53 bits per heavy atom. The lowest BCUT2D eigenvalue weighted by atomic mass is 10.1. The fourth-order valence-corrected chi connectivity index (χ4v) is 1.84. The van der Waals surface area contributed by atoms with Gasteiger partial charge in [0.05, 0.1) is 18.4 Å². The molecule has 2 heterocycles. The van der Waals surface area contributed by atoms with Crippen LogP contribution < -0.4 is 4.74 Å². The number of nitrogens with zero attached hydrogens (tertiary/aromatic N) is 3. The lowest BCUT2D eigenvalue weighted by Crippen LogP contribution is -2.55. The molecule has 1 aromatic heterocycles. The molecule has 0 radical (unpaired) electrons. The van der Waals surface area contributed by atoms with Crippen LogP contribution in [0.5, 0.6) is 5.75 Å². The molecule has 1 atom stereocenters. The maximum absolute atomic E-state index is 11.9. The molecule has 1 saturated heterocycles. The van der Waals surface area contributed by atoms with Gasteiger partial charge in [0.2, 0.25) is 0 Å². The van der Waals surface area contributed by atoms with E-state index in [1.165, 1.54) is 0 Å². The van der Waals surface area contributed by atoms with Crippen LogP contribution in [0.2, 0.25) is 0 Å². The number of carbonyl (C=O) groups is 1. The Kier molecular flexibility index (Phi) is 3.68. The number of ether oxygens (including phenoxy) is 2. The third-order valence-corrected chi connectivity index (χ3v) is 2.90. The topological polar surface area (TPSA) is 56.6 Å². The first kappa shape index (κ1) is 13.7. The van der Waals surface area contributed by atoms with Crippen molar-refractivity contribution in [2.75, 3.05) is 13.2 Å². The van der Waals surface area contributed by atoms with Gasteiger partial charge in [-0.2, -0.15) is 5.10 Å². The molecule has 1 aliphatic rings. The summed E-state index contributed by atoms with van der Waals surface area (Å²) < 4.78 is 12.6. The van der Waals surface area contributed by atoms with E-state index in [4.69, 9.17) is 9.47 Å². The second kappa shape index (κ2) is 5.11. The van der Waals surface area contributed by atoms with Gasteiger partial charge in [-0.3, -0.25) is 4.68 Å². The fraction of sp³-hybridized carbons (Fsp3) is 0.692. The summed E-state index contributed by atoms with van der Waals surface area (Å²) >= 11 is 0. The van der Waals surface area contributed by atoms with Gasteiger partial charge in [-0.15, -0.1) is 0 Å². The predicted molar refractivity (Wildman–Crippen MR) is 70.0 cm³/mol. The first-order valence-electron chi connectivity index (χ1n) is 6.46. The van der Waals surface area contributed by atoms with Crippen LogP contribution in [0.4, 0.5) is 4.79 Å². The maximum atomic E-state index is 11.9. The summed E-state index contributed by atoms with van der Waals surface area (Å²) in [6.45, 7) is 6.81. The molecule has 0 aromatic carbocycles. The highest BCUT2D eigenvalue weighted by Crippen LogP contribution is 2.22. The zero-order valence-corrected chi connectivity index (χ0v) is 11.9. The van der Waals surface area contributed by atoms with E-state index in [2.05, 4.69) is 5.10 Å². The van der Waals surface area contributed by atoms with Crippen LogP contribution in [0.3, 0.4) is 0 Å². The van der Waals surface area contributed by atoms with E-state index in [1.807, 2.05) is 27.8 Å². The average molecular weight is 267 g/mol. The second-order valence-corrected chi connectivity index (χ2v) is 5.78. The first-order chi connectivity index (χ1) is 8.85. The molecule has 2 rings (SSSR count). The molecule has 1 fully saturated rings. The van der Waals surface area contributed by atoms with E-state index >= 15 is 0 Å². The van der Waals surface area contributed by atoms with Crippen LogP contribution >= 0.6 is 0 Å². The van der Waals surface area contributed by atoms with E-state index in [0.717, 1.165) is 18.7 Å². The maximum Gasteiger partial charge on any atom is 0.410 e. The Bertz CT molecular complexity index is 450. The van der Waals surface area contributed by atoms with Crippen molar-refractivity contribution in [3.8, 4) is 5.75 Å². The van der Waals surface area contributed by atoms with E-state index in [1.54, 1.807) is 22.0 Å². The molecule has 0 spiro atoms. The molecule has 19 heavy (non-hydrogen) atoms. The molecular formula is C13H21N3O3. The Balaban J connectivity index is 1.80. The summed E-state index contributed by atoms with van der Waals surface area (Å²) in [7, 11) is 1.84. The Morgan fingerprint density at radius 3 is 2.74 bits per heavy atom. The first-order valence-corrected chi connectivity index (χ1v) is 6.46.